The molecule has 0 aliphatic heterocycles. The van der Waals surface area contributed by atoms with Crippen LogP contribution in [0.4, 0.5) is 0 Å². The van der Waals surface area contributed by atoms with Crippen molar-refractivity contribution in [1.29, 1.82) is 0 Å². The van der Waals surface area contributed by atoms with Gasteiger partial charge in [-0.15, -0.1) is 0 Å². The number of ether oxygens (including phenoxy) is 1. The molecule has 1 atom stereocenters. The summed E-state index contributed by atoms with van der Waals surface area (Å²) in [6.45, 7) is 3.99. The number of hydrogen-bond acceptors (Lipinski definition) is 2. The Kier molecular flexibility index (Phi) is 4.26. The second-order valence-corrected chi connectivity index (χ2v) is 4.06. The van der Waals surface area contributed by atoms with E-state index in [0.717, 1.165) is 6.42 Å². The quantitative estimate of drug-likeness (QED) is 0.628. The summed E-state index contributed by atoms with van der Waals surface area (Å²) in [7, 11) is 0. The molecule has 0 radical (unpaired) electrons. The van der Waals surface area contributed by atoms with Crippen LogP contribution in [-0.4, -0.2) is 12.1 Å². The summed E-state index contributed by atoms with van der Waals surface area (Å²) in [5.74, 6) is 0.609. The molecule has 0 amide bonds. The van der Waals surface area contributed by atoms with E-state index in [1.54, 1.807) is 0 Å². The van der Waals surface area contributed by atoms with Crippen molar-refractivity contribution in [2.45, 2.75) is 58.5 Å². The molecule has 2 nitrogen and oxygen atoms in total. The van der Waals surface area contributed by atoms with Gasteiger partial charge in [-0.3, -0.25) is 4.79 Å². The topological polar surface area (TPSA) is 26.3 Å². The van der Waals surface area contributed by atoms with Crippen LogP contribution >= 0.6 is 0 Å². The van der Waals surface area contributed by atoms with Gasteiger partial charge in [0.05, 0.1) is 6.10 Å². The smallest absolute Gasteiger partial charge is 0.306 e. The van der Waals surface area contributed by atoms with Gasteiger partial charge >= 0.3 is 5.97 Å². The standard InChI is InChI=1S/C11H20O2/c1-3-9(2)13-11(12)8-10-6-4-5-7-10/h9-10H,3-8H2,1-2H3. The molecule has 0 bridgehead atoms. The first-order valence-electron chi connectivity index (χ1n) is 5.41. The van der Waals surface area contributed by atoms with E-state index in [-0.39, 0.29) is 12.1 Å². The maximum atomic E-state index is 11.3. The maximum Gasteiger partial charge on any atom is 0.306 e. The minimum Gasteiger partial charge on any atom is -0.463 e. The Labute approximate surface area is 80.7 Å². The van der Waals surface area contributed by atoms with Crippen molar-refractivity contribution in [2.75, 3.05) is 0 Å². The molecule has 13 heavy (non-hydrogen) atoms. The summed E-state index contributed by atoms with van der Waals surface area (Å²) in [4.78, 5) is 11.3. The lowest BCUT2D eigenvalue weighted by Gasteiger charge is -2.13. The Hall–Kier alpha value is -0.530. The highest BCUT2D eigenvalue weighted by atomic mass is 16.5. The average molecular weight is 184 g/mol. The summed E-state index contributed by atoms with van der Waals surface area (Å²) >= 11 is 0. The predicted molar refractivity (Wildman–Crippen MR) is 52.4 cm³/mol. The minimum atomic E-state index is 0.00116. The van der Waals surface area contributed by atoms with Crippen molar-refractivity contribution < 1.29 is 9.53 Å². The molecule has 1 aliphatic carbocycles. The molecule has 1 unspecified atom stereocenters. The molecule has 1 rings (SSSR count). The molecule has 1 saturated carbocycles. The Bertz CT molecular complexity index is 159. The van der Waals surface area contributed by atoms with Crippen molar-refractivity contribution in [3.63, 3.8) is 0 Å². The van der Waals surface area contributed by atoms with Crippen LogP contribution in [0.3, 0.4) is 0 Å². The molecule has 0 N–H and O–H groups in total. The SMILES string of the molecule is CCC(C)OC(=O)CC1CCCC1. The van der Waals surface area contributed by atoms with Crippen molar-refractivity contribution in [3.05, 3.63) is 0 Å². The zero-order valence-corrected chi connectivity index (χ0v) is 8.71. The zero-order chi connectivity index (χ0) is 9.68. The number of esters is 1. The predicted octanol–water partition coefficient (Wildman–Crippen LogP) is 2.91. The lowest BCUT2D eigenvalue weighted by Crippen LogP contribution is -2.16. The van der Waals surface area contributed by atoms with Gasteiger partial charge in [0.25, 0.3) is 0 Å². The minimum absolute atomic E-state index is 0.00116. The largest absolute Gasteiger partial charge is 0.463 e. The van der Waals surface area contributed by atoms with Crippen LogP contribution in [0.5, 0.6) is 0 Å². The van der Waals surface area contributed by atoms with E-state index < -0.39 is 0 Å². The lowest BCUT2D eigenvalue weighted by atomic mass is 10.0. The van der Waals surface area contributed by atoms with Gasteiger partial charge < -0.3 is 4.74 Å². The molecule has 0 heterocycles. The summed E-state index contributed by atoms with van der Waals surface area (Å²) < 4.78 is 5.22. The Morgan fingerprint density at radius 1 is 1.46 bits per heavy atom. The number of hydrogen-bond donors (Lipinski definition) is 0. The maximum absolute atomic E-state index is 11.3. The second kappa shape index (κ2) is 5.25. The number of rotatable bonds is 4. The normalized spacial score (nSPS) is 20.2. The molecule has 2 heteroatoms. The lowest BCUT2D eigenvalue weighted by molar-refractivity contribution is -0.149. The number of carbonyl (C=O) groups is 1. The van der Waals surface area contributed by atoms with E-state index in [1.165, 1.54) is 25.7 Å². The first kappa shape index (κ1) is 10.6. The van der Waals surface area contributed by atoms with Gasteiger partial charge in [0.15, 0.2) is 0 Å². The van der Waals surface area contributed by atoms with Crippen LogP contribution in [0.1, 0.15) is 52.4 Å². The molecule has 0 aromatic rings. The summed E-state index contributed by atoms with van der Waals surface area (Å²) in [5, 5.41) is 0. The van der Waals surface area contributed by atoms with Gasteiger partial charge in [0, 0.05) is 6.42 Å². The van der Waals surface area contributed by atoms with Gasteiger partial charge in [0.2, 0.25) is 0 Å². The first-order chi connectivity index (χ1) is 6.22. The van der Waals surface area contributed by atoms with Gasteiger partial charge in [-0.1, -0.05) is 19.8 Å². The van der Waals surface area contributed by atoms with Gasteiger partial charge in [-0.05, 0) is 32.1 Å². The van der Waals surface area contributed by atoms with Crippen LogP contribution < -0.4 is 0 Å². The molecule has 76 valence electrons. The van der Waals surface area contributed by atoms with Crippen molar-refractivity contribution in [3.8, 4) is 0 Å². The van der Waals surface area contributed by atoms with E-state index in [9.17, 15) is 4.79 Å². The van der Waals surface area contributed by atoms with E-state index in [0.29, 0.717) is 12.3 Å². The van der Waals surface area contributed by atoms with E-state index in [4.69, 9.17) is 4.74 Å². The van der Waals surface area contributed by atoms with E-state index in [2.05, 4.69) is 0 Å². The Balaban J connectivity index is 2.16. The van der Waals surface area contributed by atoms with Gasteiger partial charge in [-0.25, -0.2) is 0 Å². The van der Waals surface area contributed by atoms with Gasteiger partial charge in [-0.2, -0.15) is 0 Å². The van der Waals surface area contributed by atoms with Gasteiger partial charge in [0.1, 0.15) is 0 Å². The third kappa shape index (κ3) is 3.79. The van der Waals surface area contributed by atoms with Crippen LogP contribution in [-0.2, 0) is 9.53 Å². The van der Waals surface area contributed by atoms with Crippen molar-refractivity contribution in [2.24, 2.45) is 5.92 Å². The molecule has 1 aliphatic rings. The van der Waals surface area contributed by atoms with Crippen LogP contribution in [0.15, 0.2) is 0 Å². The fraction of sp³-hybridized carbons (Fsp3) is 0.909. The van der Waals surface area contributed by atoms with E-state index in [1.807, 2.05) is 13.8 Å². The van der Waals surface area contributed by atoms with Crippen molar-refractivity contribution >= 4 is 5.97 Å². The monoisotopic (exact) mass is 184 g/mol. The average Bonchev–Trinajstić information content (AvgIpc) is 2.56. The molecular weight excluding hydrogens is 164 g/mol. The summed E-state index contributed by atoms with van der Waals surface area (Å²) in [6.07, 6.45) is 6.67. The number of carbonyl (C=O) groups excluding carboxylic acids is 1. The third-order valence-corrected chi connectivity index (χ3v) is 2.84. The highest BCUT2D eigenvalue weighted by molar-refractivity contribution is 5.69. The fourth-order valence-corrected chi connectivity index (χ4v) is 1.81. The molecule has 0 spiro atoms. The highest BCUT2D eigenvalue weighted by Gasteiger charge is 2.19. The summed E-state index contributed by atoms with van der Waals surface area (Å²) in [5.41, 5.74) is 0. The molecule has 0 saturated heterocycles. The third-order valence-electron chi connectivity index (χ3n) is 2.84. The van der Waals surface area contributed by atoms with Crippen LogP contribution in [0, 0.1) is 5.92 Å². The van der Waals surface area contributed by atoms with E-state index >= 15 is 0 Å². The first-order valence-corrected chi connectivity index (χ1v) is 5.41. The zero-order valence-electron chi connectivity index (χ0n) is 8.71. The molecule has 0 aromatic carbocycles. The Morgan fingerprint density at radius 2 is 2.08 bits per heavy atom. The van der Waals surface area contributed by atoms with Crippen LogP contribution in [0.25, 0.3) is 0 Å². The second-order valence-electron chi connectivity index (χ2n) is 4.06. The molecular formula is C11H20O2. The Morgan fingerprint density at radius 3 is 2.62 bits per heavy atom. The summed E-state index contributed by atoms with van der Waals surface area (Å²) in [6, 6.07) is 0. The van der Waals surface area contributed by atoms with Crippen molar-refractivity contribution in [1.82, 2.24) is 0 Å². The molecule has 0 aromatic heterocycles. The fourth-order valence-electron chi connectivity index (χ4n) is 1.81. The highest BCUT2D eigenvalue weighted by Crippen LogP contribution is 2.27. The molecule has 1 fully saturated rings. The van der Waals surface area contributed by atoms with Crippen LogP contribution in [0.2, 0.25) is 0 Å².